The first-order valence-corrected chi connectivity index (χ1v) is 11.0. The van der Waals surface area contributed by atoms with Crippen LogP contribution in [0.4, 0.5) is 0 Å². The molecule has 4 rings (SSSR count). The number of benzene rings is 1. The minimum absolute atomic E-state index is 0.0184. The van der Waals surface area contributed by atoms with E-state index in [9.17, 15) is 8.42 Å². The van der Waals surface area contributed by atoms with Crippen molar-refractivity contribution in [1.82, 2.24) is 4.72 Å². The molecule has 4 bridgehead atoms. The van der Waals surface area contributed by atoms with Crippen molar-refractivity contribution in [3.63, 3.8) is 0 Å². The van der Waals surface area contributed by atoms with E-state index < -0.39 is 10.0 Å². The SMILES string of the molecule is CC(NS(=O)(=O)c1ccccc1)C12CCC3CCC(CC(C3)C1)C2. The van der Waals surface area contributed by atoms with Crippen LogP contribution >= 0.6 is 0 Å². The zero-order valence-electron chi connectivity index (χ0n) is 14.6. The van der Waals surface area contributed by atoms with Gasteiger partial charge in [0, 0.05) is 6.04 Å². The second-order valence-corrected chi connectivity index (χ2v) is 10.3. The summed E-state index contributed by atoms with van der Waals surface area (Å²) in [6.07, 6.45) is 10.5. The van der Waals surface area contributed by atoms with Gasteiger partial charge in [-0.25, -0.2) is 13.1 Å². The zero-order valence-corrected chi connectivity index (χ0v) is 15.4. The highest BCUT2D eigenvalue weighted by atomic mass is 32.2. The molecule has 24 heavy (non-hydrogen) atoms. The molecule has 3 fully saturated rings. The highest BCUT2D eigenvalue weighted by Gasteiger charge is 2.48. The summed E-state index contributed by atoms with van der Waals surface area (Å²) in [6, 6.07) is 8.83. The van der Waals surface area contributed by atoms with Gasteiger partial charge in [-0.15, -0.1) is 0 Å². The van der Waals surface area contributed by atoms with Crippen molar-refractivity contribution in [2.75, 3.05) is 0 Å². The van der Waals surface area contributed by atoms with Crippen LogP contribution in [-0.2, 0) is 10.0 Å². The summed E-state index contributed by atoms with van der Waals surface area (Å²) < 4.78 is 28.6. The minimum atomic E-state index is -3.43. The summed E-state index contributed by atoms with van der Waals surface area (Å²) in [5, 5.41) is 0. The van der Waals surface area contributed by atoms with Crippen molar-refractivity contribution in [3.05, 3.63) is 30.3 Å². The van der Waals surface area contributed by atoms with Gasteiger partial charge in [-0.3, -0.25) is 0 Å². The molecule has 0 heterocycles. The third-order valence-corrected chi connectivity index (χ3v) is 8.62. The van der Waals surface area contributed by atoms with Crippen LogP contribution in [0.5, 0.6) is 0 Å². The lowest BCUT2D eigenvalue weighted by atomic mass is 9.61. The van der Waals surface area contributed by atoms with Gasteiger partial charge in [0.2, 0.25) is 10.0 Å². The van der Waals surface area contributed by atoms with Gasteiger partial charge in [-0.05, 0) is 80.8 Å². The van der Waals surface area contributed by atoms with E-state index in [4.69, 9.17) is 0 Å². The normalized spacial score (nSPS) is 37.0. The molecule has 0 radical (unpaired) electrons. The Morgan fingerprint density at radius 3 is 2.46 bits per heavy atom. The van der Waals surface area contributed by atoms with Crippen molar-refractivity contribution in [3.8, 4) is 0 Å². The van der Waals surface area contributed by atoms with Crippen molar-refractivity contribution in [2.24, 2.45) is 23.2 Å². The molecule has 3 saturated carbocycles. The van der Waals surface area contributed by atoms with Crippen LogP contribution in [-0.4, -0.2) is 14.5 Å². The molecule has 3 aliphatic rings. The molecule has 0 aliphatic heterocycles. The molecule has 3 aliphatic carbocycles. The number of hydrogen-bond acceptors (Lipinski definition) is 2. The third-order valence-electron chi connectivity index (χ3n) is 7.06. The van der Waals surface area contributed by atoms with Crippen molar-refractivity contribution >= 4 is 10.0 Å². The van der Waals surface area contributed by atoms with Crippen LogP contribution in [0.2, 0.25) is 0 Å². The molecule has 0 saturated heterocycles. The maximum Gasteiger partial charge on any atom is 0.240 e. The van der Waals surface area contributed by atoms with Crippen LogP contribution in [0.25, 0.3) is 0 Å². The van der Waals surface area contributed by atoms with E-state index in [2.05, 4.69) is 11.6 Å². The van der Waals surface area contributed by atoms with Crippen LogP contribution in [0, 0.1) is 23.2 Å². The van der Waals surface area contributed by atoms with Gasteiger partial charge in [-0.2, -0.15) is 0 Å². The maximum absolute atomic E-state index is 12.8. The summed E-state index contributed by atoms with van der Waals surface area (Å²) >= 11 is 0. The van der Waals surface area contributed by atoms with E-state index in [0.717, 1.165) is 17.8 Å². The predicted octanol–water partition coefficient (Wildman–Crippen LogP) is 4.35. The van der Waals surface area contributed by atoms with Crippen LogP contribution < -0.4 is 4.72 Å². The first-order valence-electron chi connectivity index (χ1n) is 9.54. The smallest absolute Gasteiger partial charge is 0.208 e. The molecule has 4 heteroatoms. The monoisotopic (exact) mass is 347 g/mol. The Hall–Kier alpha value is -0.870. The summed E-state index contributed by atoms with van der Waals surface area (Å²) in [5.41, 5.74) is 0.171. The number of sulfonamides is 1. The average Bonchev–Trinajstić information content (AvgIpc) is 2.79. The van der Waals surface area contributed by atoms with Crippen molar-refractivity contribution < 1.29 is 8.42 Å². The first kappa shape index (κ1) is 16.6. The van der Waals surface area contributed by atoms with E-state index in [1.165, 1.54) is 51.4 Å². The molecular formula is C20H29NO2S. The topological polar surface area (TPSA) is 46.2 Å². The quantitative estimate of drug-likeness (QED) is 0.880. The summed E-state index contributed by atoms with van der Waals surface area (Å²) in [5.74, 6) is 2.53. The Bertz CT molecular complexity index is 683. The van der Waals surface area contributed by atoms with Gasteiger partial charge in [0.1, 0.15) is 0 Å². The zero-order chi connectivity index (χ0) is 16.8. The fourth-order valence-electron chi connectivity index (χ4n) is 5.88. The Morgan fingerprint density at radius 2 is 1.67 bits per heavy atom. The molecular weight excluding hydrogens is 318 g/mol. The van der Waals surface area contributed by atoms with E-state index in [1.54, 1.807) is 24.3 Å². The highest BCUT2D eigenvalue weighted by Crippen LogP contribution is 2.56. The Kier molecular flexibility index (Phi) is 4.24. The molecule has 5 atom stereocenters. The van der Waals surface area contributed by atoms with Crippen LogP contribution in [0.1, 0.15) is 58.3 Å². The molecule has 132 valence electrons. The van der Waals surface area contributed by atoms with Gasteiger partial charge >= 0.3 is 0 Å². The van der Waals surface area contributed by atoms with E-state index in [1.807, 2.05) is 6.07 Å². The summed E-state index contributed by atoms with van der Waals surface area (Å²) in [4.78, 5) is 0.385. The fraction of sp³-hybridized carbons (Fsp3) is 0.700. The molecule has 1 aromatic carbocycles. The highest BCUT2D eigenvalue weighted by molar-refractivity contribution is 7.89. The molecule has 0 aromatic heterocycles. The fourth-order valence-corrected chi connectivity index (χ4v) is 7.25. The Balaban J connectivity index is 1.58. The van der Waals surface area contributed by atoms with Gasteiger partial charge in [-0.1, -0.05) is 31.0 Å². The second kappa shape index (κ2) is 6.14. The molecule has 0 spiro atoms. The van der Waals surface area contributed by atoms with Gasteiger partial charge in [0.05, 0.1) is 4.90 Å². The Morgan fingerprint density at radius 1 is 1.00 bits per heavy atom. The first-order chi connectivity index (χ1) is 11.5. The number of fused-ring (bicyclic) bond motifs is 3. The summed E-state index contributed by atoms with van der Waals surface area (Å²) in [7, 11) is -3.43. The lowest BCUT2D eigenvalue weighted by Gasteiger charge is -2.47. The maximum atomic E-state index is 12.8. The van der Waals surface area contributed by atoms with Gasteiger partial charge < -0.3 is 0 Å². The van der Waals surface area contributed by atoms with Gasteiger partial charge in [0.15, 0.2) is 0 Å². The molecule has 3 nitrogen and oxygen atoms in total. The lowest BCUT2D eigenvalue weighted by Crippen LogP contribution is -2.49. The second-order valence-electron chi connectivity index (χ2n) is 8.61. The largest absolute Gasteiger partial charge is 0.240 e. The van der Waals surface area contributed by atoms with Crippen molar-refractivity contribution in [2.45, 2.75) is 69.2 Å². The number of hydrogen-bond donors (Lipinski definition) is 1. The standard InChI is InChI=1S/C20H29NO2S/c1-15(21-24(22,23)19-5-3-2-4-6-19)20-10-9-16-7-8-17(13-20)12-18(11-16)14-20/h2-6,15-18,21H,7-14H2,1H3. The third kappa shape index (κ3) is 3.03. The molecule has 5 unspecified atom stereocenters. The van der Waals surface area contributed by atoms with Crippen LogP contribution in [0.15, 0.2) is 35.2 Å². The van der Waals surface area contributed by atoms with E-state index in [-0.39, 0.29) is 11.5 Å². The average molecular weight is 348 g/mol. The Labute approximate surface area is 146 Å². The van der Waals surface area contributed by atoms with Crippen LogP contribution in [0.3, 0.4) is 0 Å². The summed E-state index contributed by atoms with van der Waals surface area (Å²) in [6.45, 7) is 2.11. The number of nitrogens with one attached hydrogen (secondary N) is 1. The molecule has 1 aromatic rings. The van der Waals surface area contributed by atoms with Crippen molar-refractivity contribution in [1.29, 1.82) is 0 Å². The molecule has 0 amide bonds. The van der Waals surface area contributed by atoms with E-state index in [0.29, 0.717) is 4.90 Å². The molecule has 1 N–H and O–H groups in total. The van der Waals surface area contributed by atoms with E-state index >= 15 is 0 Å². The minimum Gasteiger partial charge on any atom is -0.208 e. The predicted molar refractivity (Wildman–Crippen MR) is 96.1 cm³/mol. The lowest BCUT2D eigenvalue weighted by molar-refractivity contribution is 0.0605. The number of rotatable bonds is 4. The van der Waals surface area contributed by atoms with Gasteiger partial charge in [0.25, 0.3) is 0 Å².